The standard InChI is InChI=1S/C14H15NO5S/c1-15(9-13-6-3-7-20-13)21(18,19)10-11-4-2-5-12(8-11)14(16)17/h2-8H,9-10H2,1H3,(H,16,17). The van der Waals surface area contributed by atoms with Gasteiger partial charge in [-0.1, -0.05) is 12.1 Å². The number of benzene rings is 1. The fourth-order valence-corrected chi connectivity index (χ4v) is 2.98. The SMILES string of the molecule is CN(Cc1ccco1)S(=O)(=O)Cc1cccc(C(=O)O)c1. The summed E-state index contributed by atoms with van der Waals surface area (Å²) in [6.45, 7) is 0.133. The summed E-state index contributed by atoms with van der Waals surface area (Å²) in [5, 5.41) is 8.92. The van der Waals surface area contributed by atoms with Crippen LogP contribution >= 0.6 is 0 Å². The first kappa shape index (κ1) is 15.3. The molecule has 0 aliphatic heterocycles. The van der Waals surface area contributed by atoms with Gasteiger partial charge < -0.3 is 9.52 Å². The number of carboxylic acids is 1. The highest BCUT2D eigenvalue weighted by Gasteiger charge is 2.20. The lowest BCUT2D eigenvalue weighted by Crippen LogP contribution is -2.27. The van der Waals surface area contributed by atoms with E-state index in [9.17, 15) is 13.2 Å². The zero-order valence-corrected chi connectivity index (χ0v) is 12.2. The Kier molecular flexibility index (Phi) is 4.44. The Hall–Kier alpha value is -2.12. The number of carbonyl (C=O) groups is 1. The average Bonchev–Trinajstić information content (AvgIpc) is 2.91. The third kappa shape index (κ3) is 3.93. The molecule has 2 rings (SSSR count). The van der Waals surface area contributed by atoms with Gasteiger partial charge in [0.2, 0.25) is 10.0 Å². The van der Waals surface area contributed by atoms with E-state index in [1.165, 1.54) is 35.8 Å². The van der Waals surface area contributed by atoms with Crippen LogP contribution in [0.3, 0.4) is 0 Å². The number of sulfonamides is 1. The molecule has 0 bridgehead atoms. The monoisotopic (exact) mass is 309 g/mol. The molecule has 0 spiro atoms. The molecular formula is C14H15NO5S. The number of hydrogen-bond acceptors (Lipinski definition) is 4. The van der Waals surface area contributed by atoms with Crippen molar-refractivity contribution < 1.29 is 22.7 Å². The summed E-state index contributed by atoms with van der Waals surface area (Å²) in [6.07, 6.45) is 1.48. The molecule has 21 heavy (non-hydrogen) atoms. The van der Waals surface area contributed by atoms with Crippen LogP contribution in [0.1, 0.15) is 21.7 Å². The van der Waals surface area contributed by atoms with Crippen LogP contribution in [0, 0.1) is 0 Å². The first-order valence-corrected chi connectivity index (χ1v) is 7.78. The summed E-state index contributed by atoms with van der Waals surface area (Å²) in [5.74, 6) is -0.802. The highest BCUT2D eigenvalue weighted by Crippen LogP contribution is 2.14. The van der Waals surface area contributed by atoms with E-state index in [-0.39, 0.29) is 17.9 Å². The molecule has 1 heterocycles. The van der Waals surface area contributed by atoms with Crippen molar-refractivity contribution >= 4 is 16.0 Å². The number of furan rings is 1. The van der Waals surface area contributed by atoms with E-state index in [0.717, 1.165) is 0 Å². The predicted molar refractivity (Wildman–Crippen MR) is 76.2 cm³/mol. The minimum atomic E-state index is -3.55. The maximum Gasteiger partial charge on any atom is 0.335 e. The number of carboxylic acid groups (broad SMARTS) is 1. The van der Waals surface area contributed by atoms with Crippen molar-refractivity contribution in [3.05, 3.63) is 59.5 Å². The zero-order valence-electron chi connectivity index (χ0n) is 11.4. The molecule has 0 unspecified atom stereocenters. The third-order valence-corrected chi connectivity index (χ3v) is 4.73. The molecule has 7 heteroatoms. The molecule has 2 aromatic rings. The Morgan fingerprint density at radius 1 is 1.29 bits per heavy atom. The van der Waals surface area contributed by atoms with Gasteiger partial charge in [0.25, 0.3) is 0 Å². The predicted octanol–water partition coefficient (Wildman–Crippen LogP) is 1.94. The van der Waals surface area contributed by atoms with Crippen molar-refractivity contribution in [3.8, 4) is 0 Å². The maximum atomic E-state index is 12.2. The summed E-state index contributed by atoms with van der Waals surface area (Å²) in [7, 11) is -2.09. The van der Waals surface area contributed by atoms with E-state index >= 15 is 0 Å². The molecule has 1 aromatic heterocycles. The Morgan fingerprint density at radius 3 is 2.67 bits per heavy atom. The normalized spacial score (nSPS) is 11.7. The summed E-state index contributed by atoms with van der Waals surface area (Å²) >= 11 is 0. The molecule has 0 saturated heterocycles. The van der Waals surface area contributed by atoms with Gasteiger partial charge in [0.05, 0.1) is 24.1 Å². The van der Waals surface area contributed by atoms with Gasteiger partial charge in [0.15, 0.2) is 0 Å². The minimum Gasteiger partial charge on any atom is -0.478 e. The van der Waals surface area contributed by atoms with Gasteiger partial charge in [-0.2, -0.15) is 4.31 Å². The highest BCUT2D eigenvalue weighted by molar-refractivity contribution is 7.88. The van der Waals surface area contributed by atoms with Crippen molar-refractivity contribution in [3.63, 3.8) is 0 Å². The third-order valence-electron chi connectivity index (χ3n) is 2.96. The number of aromatic carboxylic acids is 1. The molecule has 6 nitrogen and oxygen atoms in total. The van der Waals surface area contributed by atoms with Crippen molar-refractivity contribution in [1.82, 2.24) is 4.31 Å². The van der Waals surface area contributed by atoms with Crippen LogP contribution in [0.4, 0.5) is 0 Å². The second-order valence-electron chi connectivity index (χ2n) is 4.60. The van der Waals surface area contributed by atoms with Crippen LogP contribution in [0.15, 0.2) is 47.1 Å². The van der Waals surface area contributed by atoms with Crippen LogP contribution in [0.2, 0.25) is 0 Å². The molecule has 0 saturated carbocycles. The Morgan fingerprint density at radius 2 is 2.05 bits per heavy atom. The summed E-state index contributed by atoms with van der Waals surface area (Å²) in [4.78, 5) is 10.9. The van der Waals surface area contributed by atoms with Crippen LogP contribution in [-0.4, -0.2) is 30.8 Å². The molecule has 112 valence electrons. The Labute approximate surface area is 122 Å². The van der Waals surface area contributed by atoms with E-state index in [0.29, 0.717) is 11.3 Å². The quantitative estimate of drug-likeness (QED) is 0.881. The molecule has 0 aliphatic rings. The lowest BCUT2D eigenvalue weighted by molar-refractivity contribution is 0.0696. The minimum absolute atomic E-state index is 0.0661. The van der Waals surface area contributed by atoms with Gasteiger partial charge in [-0.05, 0) is 29.8 Å². The van der Waals surface area contributed by atoms with Gasteiger partial charge in [-0.3, -0.25) is 0 Å². The topological polar surface area (TPSA) is 87.8 Å². The van der Waals surface area contributed by atoms with E-state index in [4.69, 9.17) is 9.52 Å². The maximum absolute atomic E-state index is 12.2. The molecule has 0 radical (unpaired) electrons. The number of hydrogen-bond donors (Lipinski definition) is 1. The second kappa shape index (κ2) is 6.11. The van der Waals surface area contributed by atoms with Crippen LogP contribution < -0.4 is 0 Å². The van der Waals surface area contributed by atoms with Crippen molar-refractivity contribution in [2.24, 2.45) is 0 Å². The van der Waals surface area contributed by atoms with Gasteiger partial charge in [0, 0.05) is 7.05 Å². The van der Waals surface area contributed by atoms with Gasteiger partial charge in [0.1, 0.15) is 5.76 Å². The van der Waals surface area contributed by atoms with Gasteiger partial charge in [-0.25, -0.2) is 13.2 Å². The fourth-order valence-electron chi connectivity index (χ4n) is 1.84. The first-order chi connectivity index (χ1) is 9.88. The molecule has 1 aromatic carbocycles. The molecule has 0 atom stereocenters. The largest absolute Gasteiger partial charge is 0.478 e. The van der Waals surface area contributed by atoms with E-state index in [2.05, 4.69) is 0 Å². The molecular weight excluding hydrogens is 294 g/mol. The molecule has 0 fully saturated rings. The van der Waals surface area contributed by atoms with Crippen LogP contribution in [-0.2, 0) is 22.3 Å². The zero-order chi connectivity index (χ0) is 15.5. The molecule has 0 aliphatic carbocycles. The van der Waals surface area contributed by atoms with Crippen molar-refractivity contribution in [1.29, 1.82) is 0 Å². The fraction of sp³-hybridized carbons (Fsp3) is 0.214. The van der Waals surface area contributed by atoms with E-state index in [1.54, 1.807) is 18.2 Å². The summed E-state index contributed by atoms with van der Waals surface area (Å²) in [6, 6.07) is 9.28. The Balaban J connectivity index is 2.13. The summed E-state index contributed by atoms with van der Waals surface area (Å²) < 4.78 is 30.8. The number of nitrogens with zero attached hydrogens (tertiary/aromatic N) is 1. The first-order valence-electron chi connectivity index (χ1n) is 6.17. The van der Waals surface area contributed by atoms with Crippen LogP contribution in [0.25, 0.3) is 0 Å². The lowest BCUT2D eigenvalue weighted by Gasteiger charge is -2.16. The van der Waals surface area contributed by atoms with Crippen molar-refractivity contribution in [2.75, 3.05) is 7.05 Å². The average molecular weight is 309 g/mol. The van der Waals surface area contributed by atoms with E-state index in [1.807, 2.05) is 0 Å². The molecule has 0 amide bonds. The lowest BCUT2D eigenvalue weighted by atomic mass is 10.1. The second-order valence-corrected chi connectivity index (χ2v) is 6.67. The van der Waals surface area contributed by atoms with Gasteiger partial charge in [-0.15, -0.1) is 0 Å². The smallest absolute Gasteiger partial charge is 0.335 e. The van der Waals surface area contributed by atoms with Crippen LogP contribution in [0.5, 0.6) is 0 Å². The number of rotatable bonds is 6. The van der Waals surface area contributed by atoms with E-state index < -0.39 is 16.0 Å². The molecule has 1 N–H and O–H groups in total. The Bertz CT molecular complexity index is 722. The summed E-state index contributed by atoms with van der Waals surface area (Å²) in [5.41, 5.74) is 0.498. The highest BCUT2D eigenvalue weighted by atomic mass is 32.2. The van der Waals surface area contributed by atoms with Crippen molar-refractivity contribution in [2.45, 2.75) is 12.3 Å². The van der Waals surface area contributed by atoms with Gasteiger partial charge >= 0.3 is 5.97 Å².